The summed E-state index contributed by atoms with van der Waals surface area (Å²) in [5, 5.41) is 11.6. The van der Waals surface area contributed by atoms with Crippen molar-refractivity contribution in [2.45, 2.75) is 0 Å². The van der Waals surface area contributed by atoms with Crippen LogP contribution in [0, 0.1) is 11.2 Å². The lowest BCUT2D eigenvalue weighted by Gasteiger charge is -2.06. The third-order valence-corrected chi connectivity index (χ3v) is 1.52. The van der Waals surface area contributed by atoms with Gasteiger partial charge in [-0.1, -0.05) is 6.07 Å². The Labute approximate surface area is 86.0 Å². The lowest BCUT2D eigenvalue weighted by atomic mass is 10.3. The van der Waals surface area contributed by atoms with Crippen molar-refractivity contribution in [3.8, 4) is 0 Å². The fourth-order valence-corrected chi connectivity index (χ4v) is 0.917. The molecule has 15 heavy (non-hydrogen) atoms. The van der Waals surface area contributed by atoms with Crippen molar-refractivity contribution < 1.29 is 9.18 Å². The van der Waals surface area contributed by atoms with Crippen LogP contribution in [0.25, 0.3) is 0 Å². The maximum atomic E-state index is 12.7. The number of urea groups is 1. The van der Waals surface area contributed by atoms with E-state index in [9.17, 15) is 9.18 Å². The topological polar surface area (TPSA) is 91.0 Å². The minimum absolute atomic E-state index is 0.0405. The van der Waals surface area contributed by atoms with E-state index in [4.69, 9.17) is 11.1 Å². The van der Waals surface area contributed by atoms with Gasteiger partial charge in [0.15, 0.2) is 0 Å². The molecule has 0 aliphatic rings. The van der Waals surface area contributed by atoms with Gasteiger partial charge in [-0.05, 0) is 18.2 Å². The molecule has 0 bridgehead atoms. The summed E-state index contributed by atoms with van der Waals surface area (Å²) in [5.41, 5.74) is 5.38. The number of nitrogens with two attached hydrogens (primary N) is 1. The van der Waals surface area contributed by atoms with Crippen molar-refractivity contribution in [1.82, 2.24) is 5.32 Å². The molecule has 0 radical (unpaired) electrons. The Morgan fingerprint density at radius 1 is 1.53 bits per heavy atom. The molecular weight excluding hydrogens is 199 g/mol. The summed E-state index contributed by atoms with van der Waals surface area (Å²) >= 11 is 0. The molecule has 1 aromatic carbocycles. The molecule has 0 aliphatic carbocycles. The van der Waals surface area contributed by atoms with Crippen LogP contribution in [0.3, 0.4) is 0 Å². The van der Waals surface area contributed by atoms with E-state index in [0.717, 1.165) is 0 Å². The van der Waals surface area contributed by atoms with Gasteiger partial charge in [0.25, 0.3) is 0 Å². The number of rotatable bonds is 3. The van der Waals surface area contributed by atoms with Crippen LogP contribution in [0.2, 0.25) is 0 Å². The number of hydrogen-bond acceptors (Lipinski definition) is 2. The van der Waals surface area contributed by atoms with Gasteiger partial charge in [-0.2, -0.15) is 0 Å². The second kappa shape index (κ2) is 4.94. The molecular formula is C9H11FN4O. The van der Waals surface area contributed by atoms with Gasteiger partial charge in [0.2, 0.25) is 0 Å². The molecule has 80 valence electrons. The molecule has 0 saturated carbocycles. The molecule has 0 aromatic heterocycles. The van der Waals surface area contributed by atoms with Crippen LogP contribution in [0.4, 0.5) is 14.9 Å². The van der Waals surface area contributed by atoms with Gasteiger partial charge in [-0.25, -0.2) is 9.18 Å². The van der Waals surface area contributed by atoms with Gasteiger partial charge < -0.3 is 16.4 Å². The summed E-state index contributed by atoms with van der Waals surface area (Å²) in [6.45, 7) is -0.0405. The molecule has 0 aliphatic heterocycles. The molecule has 1 aromatic rings. The summed E-state index contributed by atoms with van der Waals surface area (Å²) in [5.74, 6) is -0.580. The Balaban J connectivity index is 2.48. The van der Waals surface area contributed by atoms with Crippen molar-refractivity contribution in [3.05, 3.63) is 30.1 Å². The summed E-state index contributed by atoms with van der Waals surface area (Å²) in [7, 11) is 0. The maximum Gasteiger partial charge on any atom is 0.319 e. The molecule has 0 heterocycles. The minimum Gasteiger partial charge on any atom is -0.386 e. The third kappa shape index (κ3) is 4.08. The zero-order valence-electron chi connectivity index (χ0n) is 7.88. The van der Waals surface area contributed by atoms with Crippen LogP contribution in [-0.4, -0.2) is 18.4 Å². The van der Waals surface area contributed by atoms with Crippen molar-refractivity contribution in [3.63, 3.8) is 0 Å². The van der Waals surface area contributed by atoms with E-state index in [0.29, 0.717) is 5.69 Å². The van der Waals surface area contributed by atoms with Gasteiger partial charge in [0.1, 0.15) is 11.7 Å². The molecule has 5 N–H and O–H groups in total. The van der Waals surface area contributed by atoms with Crippen LogP contribution >= 0.6 is 0 Å². The number of halogens is 1. The average molecular weight is 210 g/mol. The Morgan fingerprint density at radius 3 is 2.87 bits per heavy atom. The Bertz CT molecular complexity index is 380. The summed E-state index contributed by atoms with van der Waals surface area (Å²) in [6.07, 6.45) is 0. The summed E-state index contributed by atoms with van der Waals surface area (Å²) in [6, 6.07) is 4.97. The highest BCUT2D eigenvalue weighted by Gasteiger charge is 2.01. The zero-order chi connectivity index (χ0) is 11.3. The van der Waals surface area contributed by atoms with E-state index < -0.39 is 11.8 Å². The number of amides is 2. The number of anilines is 1. The molecule has 0 unspecified atom stereocenters. The molecule has 0 saturated heterocycles. The predicted molar refractivity (Wildman–Crippen MR) is 55.3 cm³/mol. The maximum absolute atomic E-state index is 12.7. The van der Waals surface area contributed by atoms with Crippen LogP contribution in [0.5, 0.6) is 0 Å². The highest BCUT2D eigenvalue weighted by atomic mass is 19.1. The minimum atomic E-state index is -0.532. The number of carbonyl (C=O) groups excluding carboxylic acids is 1. The number of nitrogens with one attached hydrogen (secondary N) is 3. The largest absolute Gasteiger partial charge is 0.386 e. The number of hydrogen-bond donors (Lipinski definition) is 4. The van der Waals surface area contributed by atoms with E-state index >= 15 is 0 Å². The Hall–Kier alpha value is -2.11. The van der Waals surface area contributed by atoms with Gasteiger partial charge in [-0.3, -0.25) is 5.41 Å². The first kappa shape index (κ1) is 11.0. The lowest BCUT2D eigenvalue weighted by molar-refractivity contribution is 0.253. The first-order valence-corrected chi connectivity index (χ1v) is 4.21. The normalized spacial score (nSPS) is 9.40. The van der Waals surface area contributed by atoms with Gasteiger partial charge in [0.05, 0.1) is 6.54 Å². The van der Waals surface area contributed by atoms with Crippen LogP contribution < -0.4 is 16.4 Å². The second-order valence-corrected chi connectivity index (χ2v) is 2.84. The van der Waals surface area contributed by atoms with Crippen molar-refractivity contribution in [2.24, 2.45) is 5.73 Å². The second-order valence-electron chi connectivity index (χ2n) is 2.84. The number of carbonyl (C=O) groups is 1. The third-order valence-electron chi connectivity index (χ3n) is 1.52. The summed E-state index contributed by atoms with van der Waals surface area (Å²) < 4.78 is 12.7. The smallest absolute Gasteiger partial charge is 0.319 e. The molecule has 0 spiro atoms. The molecule has 0 fully saturated rings. The first-order chi connectivity index (χ1) is 7.08. The van der Waals surface area contributed by atoms with Gasteiger partial charge in [0, 0.05) is 5.69 Å². The Kier molecular flexibility index (Phi) is 3.61. The fourth-order valence-electron chi connectivity index (χ4n) is 0.917. The fraction of sp³-hybridized carbons (Fsp3) is 0.111. The molecule has 0 atom stereocenters. The SMILES string of the molecule is N=C(N)CNC(=O)Nc1cccc(F)c1. The van der Waals surface area contributed by atoms with Crippen LogP contribution in [0.1, 0.15) is 0 Å². The predicted octanol–water partition coefficient (Wildman–Crippen LogP) is 0.883. The van der Waals surface area contributed by atoms with Crippen molar-refractivity contribution in [2.75, 3.05) is 11.9 Å². The number of benzene rings is 1. The summed E-state index contributed by atoms with van der Waals surface area (Å²) in [4.78, 5) is 11.1. The lowest BCUT2D eigenvalue weighted by Crippen LogP contribution is -2.35. The average Bonchev–Trinajstić information content (AvgIpc) is 2.15. The van der Waals surface area contributed by atoms with Crippen molar-refractivity contribution >= 4 is 17.6 Å². The van der Waals surface area contributed by atoms with E-state index in [-0.39, 0.29) is 12.4 Å². The van der Waals surface area contributed by atoms with Gasteiger partial charge >= 0.3 is 6.03 Å². The monoisotopic (exact) mass is 210 g/mol. The standard InChI is InChI=1S/C9H11FN4O/c10-6-2-1-3-7(4-6)14-9(15)13-5-8(11)12/h1-4H,5H2,(H3,11,12)(H2,13,14,15). The molecule has 5 nitrogen and oxygen atoms in total. The molecule has 2 amide bonds. The zero-order valence-corrected chi connectivity index (χ0v) is 7.88. The number of amidine groups is 1. The van der Waals surface area contributed by atoms with E-state index in [2.05, 4.69) is 10.6 Å². The van der Waals surface area contributed by atoms with Gasteiger partial charge in [-0.15, -0.1) is 0 Å². The van der Waals surface area contributed by atoms with E-state index in [1.165, 1.54) is 18.2 Å². The van der Waals surface area contributed by atoms with Crippen LogP contribution in [0.15, 0.2) is 24.3 Å². The van der Waals surface area contributed by atoms with E-state index in [1.807, 2.05) is 0 Å². The first-order valence-electron chi connectivity index (χ1n) is 4.21. The highest BCUT2D eigenvalue weighted by molar-refractivity contribution is 5.92. The quantitative estimate of drug-likeness (QED) is 0.440. The Morgan fingerprint density at radius 2 is 2.27 bits per heavy atom. The van der Waals surface area contributed by atoms with Crippen molar-refractivity contribution in [1.29, 1.82) is 5.41 Å². The van der Waals surface area contributed by atoms with Crippen LogP contribution in [-0.2, 0) is 0 Å². The highest BCUT2D eigenvalue weighted by Crippen LogP contribution is 2.08. The molecule has 6 heteroatoms. The molecule has 1 rings (SSSR count). The van der Waals surface area contributed by atoms with E-state index in [1.54, 1.807) is 6.07 Å².